The molecule has 2 fully saturated rings. The highest BCUT2D eigenvalue weighted by atomic mass is 32.2. The van der Waals surface area contributed by atoms with Gasteiger partial charge in [0.25, 0.3) is 0 Å². The lowest BCUT2D eigenvalue weighted by Gasteiger charge is -2.38. The van der Waals surface area contributed by atoms with Crippen molar-refractivity contribution >= 4 is 23.6 Å². The van der Waals surface area contributed by atoms with Gasteiger partial charge in [0.05, 0.1) is 5.92 Å². The molecule has 1 aliphatic heterocycles. The maximum Gasteiger partial charge on any atom is 0.306 e. The lowest BCUT2D eigenvalue weighted by molar-refractivity contribution is -0.141. The molecule has 4 nitrogen and oxygen atoms in total. The van der Waals surface area contributed by atoms with Gasteiger partial charge in [-0.15, -0.1) is 0 Å². The van der Waals surface area contributed by atoms with Gasteiger partial charge in [-0.1, -0.05) is 0 Å². The van der Waals surface area contributed by atoms with E-state index < -0.39 is 5.97 Å². The van der Waals surface area contributed by atoms with Crippen LogP contribution in [0.2, 0.25) is 0 Å². The van der Waals surface area contributed by atoms with Crippen LogP contribution in [0.4, 0.5) is 0 Å². The van der Waals surface area contributed by atoms with Crippen molar-refractivity contribution in [3.8, 4) is 0 Å². The summed E-state index contributed by atoms with van der Waals surface area (Å²) in [6, 6.07) is 0. The number of rotatable bonds is 2. The molecule has 102 valence electrons. The molecule has 0 aromatic heterocycles. The van der Waals surface area contributed by atoms with Gasteiger partial charge < -0.3 is 10.0 Å². The van der Waals surface area contributed by atoms with Gasteiger partial charge in [-0.3, -0.25) is 9.59 Å². The molecule has 2 unspecified atom stereocenters. The summed E-state index contributed by atoms with van der Waals surface area (Å²) < 4.78 is 0.124. The molecule has 1 N–H and O–H groups in total. The van der Waals surface area contributed by atoms with Crippen LogP contribution in [0.25, 0.3) is 0 Å². The van der Waals surface area contributed by atoms with Crippen molar-refractivity contribution in [1.82, 2.24) is 4.90 Å². The van der Waals surface area contributed by atoms with E-state index in [0.717, 1.165) is 25.3 Å². The molecule has 0 spiro atoms. The third kappa shape index (κ3) is 2.99. The number of aliphatic carboxylic acids is 1. The molecule has 0 radical (unpaired) electrons. The standard InChI is InChI=1S/C13H21NO3S/c1-13(2)8-14(5-6-18-13)11(15)9-3-4-10(7-9)12(16)17/h9-10H,3-8H2,1-2H3,(H,16,17). The summed E-state index contributed by atoms with van der Waals surface area (Å²) in [7, 11) is 0. The number of carbonyl (C=O) groups is 2. The number of hydrogen-bond acceptors (Lipinski definition) is 3. The van der Waals surface area contributed by atoms with Crippen LogP contribution in [0, 0.1) is 11.8 Å². The topological polar surface area (TPSA) is 57.6 Å². The van der Waals surface area contributed by atoms with Crippen LogP contribution in [-0.4, -0.2) is 45.5 Å². The molecular formula is C13H21NO3S. The minimum absolute atomic E-state index is 0.0648. The van der Waals surface area contributed by atoms with Gasteiger partial charge in [-0.25, -0.2) is 0 Å². The number of hydrogen-bond donors (Lipinski definition) is 1. The van der Waals surface area contributed by atoms with E-state index in [2.05, 4.69) is 13.8 Å². The minimum atomic E-state index is -0.750. The van der Waals surface area contributed by atoms with E-state index in [4.69, 9.17) is 5.11 Å². The summed E-state index contributed by atoms with van der Waals surface area (Å²) in [6.07, 6.45) is 1.91. The van der Waals surface area contributed by atoms with Crippen molar-refractivity contribution < 1.29 is 14.7 Å². The van der Waals surface area contributed by atoms with Crippen molar-refractivity contribution in [3.63, 3.8) is 0 Å². The van der Waals surface area contributed by atoms with Gasteiger partial charge in [-0.2, -0.15) is 11.8 Å². The number of thioether (sulfide) groups is 1. The molecule has 5 heteroatoms. The molecule has 2 aliphatic rings. The fourth-order valence-corrected chi connectivity index (χ4v) is 4.00. The smallest absolute Gasteiger partial charge is 0.306 e. The average Bonchev–Trinajstić information content (AvgIpc) is 2.76. The third-order valence-corrected chi connectivity index (χ3v) is 5.17. The summed E-state index contributed by atoms with van der Waals surface area (Å²) in [5.74, 6) is 0.0245. The first-order valence-electron chi connectivity index (χ1n) is 6.54. The summed E-state index contributed by atoms with van der Waals surface area (Å²) in [6.45, 7) is 5.91. The molecule has 0 aromatic carbocycles. The molecule has 18 heavy (non-hydrogen) atoms. The zero-order valence-electron chi connectivity index (χ0n) is 11.0. The average molecular weight is 271 g/mol. The number of nitrogens with zero attached hydrogens (tertiary/aromatic N) is 1. The Morgan fingerprint density at radius 1 is 1.28 bits per heavy atom. The van der Waals surface area contributed by atoms with Crippen molar-refractivity contribution in [1.29, 1.82) is 0 Å². The van der Waals surface area contributed by atoms with Gasteiger partial charge >= 0.3 is 5.97 Å². The quantitative estimate of drug-likeness (QED) is 0.832. The highest BCUT2D eigenvalue weighted by Gasteiger charge is 2.38. The van der Waals surface area contributed by atoms with Gasteiger partial charge in [0.2, 0.25) is 5.91 Å². The van der Waals surface area contributed by atoms with Crippen molar-refractivity contribution in [2.45, 2.75) is 37.9 Å². The van der Waals surface area contributed by atoms with Crippen LogP contribution in [0.5, 0.6) is 0 Å². The Kier molecular flexibility index (Phi) is 3.90. The zero-order chi connectivity index (χ0) is 13.3. The maximum absolute atomic E-state index is 12.4. The monoisotopic (exact) mass is 271 g/mol. The van der Waals surface area contributed by atoms with E-state index in [9.17, 15) is 9.59 Å². The van der Waals surface area contributed by atoms with E-state index in [-0.39, 0.29) is 22.5 Å². The number of amides is 1. The Bertz CT molecular complexity index is 356. The summed E-state index contributed by atoms with van der Waals surface area (Å²) >= 11 is 1.90. The predicted octanol–water partition coefficient (Wildman–Crippen LogP) is 1.84. The van der Waals surface area contributed by atoms with Crippen LogP contribution in [0.3, 0.4) is 0 Å². The molecule has 1 saturated carbocycles. The Hall–Kier alpha value is -0.710. The Balaban J connectivity index is 1.94. The second-order valence-corrected chi connectivity index (χ2v) is 7.72. The molecule has 1 heterocycles. The van der Waals surface area contributed by atoms with Crippen molar-refractivity contribution in [3.05, 3.63) is 0 Å². The zero-order valence-corrected chi connectivity index (χ0v) is 11.8. The van der Waals surface area contributed by atoms with Crippen LogP contribution < -0.4 is 0 Å². The summed E-state index contributed by atoms with van der Waals surface area (Å²) in [5.41, 5.74) is 0. The van der Waals surface area contributed by atoms with Gasteiger partial charge in [0.15, 0.2) is 0 Å². The second-order valence-electron chi connectivity index (χ2n) is 5.91. The van der Waals surface area contributed by atoms with E-state index in [1.807, 2.05) is 16.7 Å². The van der Waals surface area contributed by atoms with E-state index in [1.165, 1.54) is 0 Å². The largest absolute Gasteiger partial charge is 0.481 e. The van der Waals surface area contributed by atoms with Crippen molar-refractivity contribution in [2.75, 3.05) is 18.8 Å². The molecule has 1 aliphatic carbocycles. The molecule has 1 amide bonds. The molecule has 0 aromatic rings. The molecule has 1 saturated heterocycles. The third-order valence-electron chi connectivity index (χ3n) is 3.87. The summed E-state index contributed by atoms with van der Waals surface area (Å²) in [5, 5.41) is 8.98. The first-order valence-corrected chi connectivity index (χ1v) is 7.53. The van der Waals surface area contributed by atoms with Crippen LogP contribution in [0.1, 0.15) is 33.1 Å². The van der Waals surface area contributed by atoms with Crippen LogP contribution in [-0.2, 0) is 9.59 Å². The van der Waals surface area contributed by atoms with E-state index >= 15 is 0 Å². The SMILES string of the molecule is CC1(C)CN(C(=O)C2CCC(C(=O)O)C2)CCS1. The predicted molar refractivity (Wildman–Crippen MR) is 71.6 cm³/mol. The molecule has 0 bridgehead atoms. The Morgan fingerprint density at radius 3 is 2.50 bits per heavy atom. The molecule has 2 rings (SSSR count). The molecular weight excluding hydrogens is 250 g/mol. The lowest BCUT2D eigenvalue weighted by atomic mass is 10.0. The number of carbonyl (C=O) groups excluding carboxylic acids is 1. The van der Waals surface area contributed by atoms with E-state index in [0.29, 0.717) is 12.8 Å². The first kappa shape index (κ1) is 13.7. The Morgan fingerprint density at radius 2 is 1.94 bits per heavy atom. The van der Waals surface area contributed by atoms with Gasteiger partial charge in [0.1, 0.15) is 0 Å². The highest BCUT2D eigenvalue weighted by Crippen LogP contribution is 2.35. The normalized spacial score (nSPS) is 31.3. The van der Waals surface area contributed by atoms with Crippen LogP contribution in [0.15, 0.2) is 0 Å². The van der Waals surface area contributed by atoms with Gasteiger partial charge in [0, 0.05) is 29.5 Å². The number of carboxylic acids is 1. The fraction of sp³-hybridized carbons (Fsp3) is 0.846. The van der Waals surface area contributed by atoms with Crippen LogP contribution >= 0.6 is 11.8 Å². The van der Waals surface area contributed by atoms with Gasteiger partial charge in [-0.05, 0) is 33.1 Å². The number of carboxylic acid groups (broad SMARTS) is 1. The first-order chi connectivity index (χ1) is 8.39. The Labute approximate surface area is 112 Å². The minimum Gasteiger partial charge on any atom is -0.481 e. The lowest BCUT2D eigenvalue weighted by Crippen LogP contribution is -2.48. The van der Waals surface area contributed by atoms with E-state index in [1.54, 1.807) is 0 Å². The van der Waals surface area contributed by atoms with Crippen molar-refractivity contribution in [2.24, 2.45) is 11.8 Å². The maximum atomic E-state index is 12.4. The fourth-order valence-electron chi connectivity index (χ4n) is 2.89. The molecule has 2 atom stereocenters. The highest BCUT2D eigenvalue weighted by molar-refractivity contribution is 8.00. The second kappa shape index (κ2) is 5.11. The summed E-state index contributed by atoms with van der Waals surface area (Å²) in [4.78, 5) is 25.2.